The molecular weight excluding hydrogens is 468 g/mol. The predicted octanol–water partition coefficient (Wildman–Crippen LogP) is 4.32. The molecule has 0 unspecified atom stereocenters. The first-order chi connectivity index (χ1) is 16.2. The Morgan fingerprint density at radius 3 is 1.63 bits per heavy atom. The normalized spacial score (nSPS) is 15.4. The van der Waals surface area contributed by atoms with Crippen LogP contribution >= 0.6 is 0 Å². The number of piperazine rings is 1. The van der Waals surface area contributed by atoms with Crippen LogP contribution in [0.4, 0.5) is 0 Å². The average Bonchev–Trinajstić information content (AvgIpc) is 2.80. The Kier molecular flexibility index (Phi) is 7.71. The molecule has 0 atom stereocenters. The molecule has 8 nitrogen and oxygen atoms in total. The molecule has 0 spiro atoms. The Morgan fingerprint density at radius 1 is 0.771 bits per heavy atom. The molecular formula is C26H36N2O6S. The van der Waals surface area contributed by atoms with E-state index in [0.717, 1.165) is 28.8 Å². The lowest BCUT2D eigenvalue weighted by molar-refractivity contribution is 0.0697. The van der Waals surface area contributed by atoms with Crippen molar-refractivity contribution in [3.8, 4) is 17.2 Å². The van der Waals surface area contributed by atoms with Crippen molar-refractivity contribution >= 4 is 15.9 Å². The van der Waals surface area contributed by atoms with Crippen molar-refractivity contribution in [2.75, 3.05) is 26.2 Å². The van der Waals surface area contributed by atoms with Crippen molar-refractivity contribution in [1.29, 1.82) is 0 Å². The number of hydrogen-bond acceptors (Lipinski definition) is 6. The van der Waals surface area contributed by atoms with E-state index in [1.54, 1.807) is 0 Å². The van der Waals surface area contributed by atoms with Gasteiger partial charge in [0.05, 0.1) is 4.90 Å². The second-order valence-corrected chi connectivity index (χ2v) is 11.9. The standard InChI is InChI=1S/C26H36N2O6S/c1-15(2)18-11-20(16(3)4)25(21(12-18)17(5)6)35(33,34)28-9-7-27(8-10-28)26(32)19-13-22(29)24(31)23(30)14-19/h11-17,29-31H,7-10H2,1-6H3. The minimum absolute atomic E-state index is 0.0163. The summed E-state index contributed by atoms with van der Waals surface area (Å²) in [6, 6.07) is 6.19. The summed E-state index contributed by atoms with van der Waals surface area (Å²) in [5, 5.41) is 29.0. The van der Waals surface area contributed by atoms with Crippen molar-refractivity contribution in [1.82, 2.24) is 9.21 Å². The molecule has 1 fully saturated rings. The van der Waals surface area contributed by atoms with Gasteiger partial charge in [0.2, 0.25) is 10.0 Å². The Balaban J connectivity index is 1.91. The summed E-state index contributed by atoms with van der Waals surface area (Å²) < 4.78 is 29.3. The van der Waals surface area contributed by atoms with Crippen LogP contribution in [-0.4, -0.2) is 65.0 Å². The fraction of sp³-hybridized carbons (Fsp3) is 0.500. The van der Waals surface area contributed by atoms with Gasteiger partial charge in [0.1, 0.15) is 0 Å². The number of benzene rings is 2. The molecule has 3 rings (SSSR count). The van der Waals surface area contributed by atoms with E-state index in [0.29, 0.717) is 4.90 Å². The zero-order chi connectivity index (χ0) is 26.2. The molecule has 1 amide bonds. The van der Waals surface area contributed by atoms with E-state index in [9.17, 15) is 28.5 Å². The molecule has 2 aromatic rings. The summed E-state index contributed by atoms with van der Waals surface area (Å²) in [6.45, 7) is 12.8. The first kappa shape index (κ1) is 26.8. The van der Waals surface area contributed by atoms with Crippen LogP contribution in [-0.2, 0) is 10.0 Å². The number of phenolic OH excluding ortho intramolecular Hbond substituents is 3. The Bertz CT molecular complexity index is 1160. The maximum Gasteiger partial charge on any atom is 0.254 e. The lowest BCUT2D eigenvalue weighted by Crippen LogP contribution is -2.50. The molecule has 1 aliphatic heterocycles. The Labute approximate surface area is 207 Å². The minimum Gasteiger partial charge on any atom is -0.504 e. The van der Waals surface area contributed by atoms with E-state index in [-0.39, 0.29) is 49.5 Å². The van der Waals surface area contributed by atoms with Gasteiger partial charge < -0.3 is 20.2 Å². The smallest absolute Gasteiger partial charge is 0.254 e. The average molecular weight is 505 g/mol. The number of nitrogens with zero attached hydrogens (tertiary/aromatic N) is 2. The summed E-state index contributed by atoms with van der Waals surface area (Å²) in [4.78, 5) is 14.7. The molecule has 0 aliphatic carbocycles. The number of sulfonamides is 1. The largest absolute Gasteiger partial charge is 0.504 e. The fourth-order valence-electron chi connectivity index (χ4n) is 4.36. The van der Waals surface area contributed by atoms with Crippen LogP contribution in [0.3, 0.4) is 0 Å². The topological polar surface area (TPSA) is 118 Å². The molecule has 9 heteroatoms. The molecule has 0 saturated carbocycles. The molecule has 2 aromatic carbocycles. The van der Waals surface area contributed by atoms with Crippen LogP contribution in [0.15, 0.2) is 29.2 Å². The highest BCUT2D eigenvalue weighted by atomic mass is 32.2. The van der Waals surface area contributed by atoms with Gasteiger partial charge in [0.15, 0.2) is 17.2 Å². The van der Waals surface area contributed by atoms with Gasteiger partial charge >= 0.3 is 0 Å². The van der Waals surface area contributed by atoms with Crippen molar-refractivity contribution in [2.24, 2.45) is 0 Å². The first-order valence-electron chi connectivity index (χ1n) is 12.0. The molecule has 1 aliphatic rings. The third-order valence-corrected chi connectivity index (χ3v) is 8.55. The van der Waals surface area contributed by atoms with E-state index in [1.807, 2.05) is 39.8 Å². The monoisotopic (exact) mass is 504 g/mol. The van der Waals surface area contributed by atoms with Crippen LogP contribution in [0.5, 0.6) is 17.2 Å². The predicted molar refractivity (Wildman–Crippen MR) is 135 cm³/mol. The molecule has 0 radical (unpaired) electrons. The summed E-state index contributed by atoms with van der Waals surface area (Å²) >= 11 is 0. The number of aromatic hydroxyl groups is 3. The summed E-state index contributed by atoms with van der Waals surface area (Å²) in [6.07, 6.45) is 0. The molecule has 1 saturated heterocycles. The van der Waals surface area contributed by atoms with Crippen LogP contribution in [0.2, 0.25) is 0 Å². The molecule has 0 bridgehead atoms. The molecule has 192 valence electrons. The van der Waals surface area contributed by atoms with Crippen LogP contribution in [0.25, 0.3) is 0 Å². The summed E-state index contributed by atoms with van der Waals surface area (Å²) in [5.74, 6) is -2.02. The van der Waals surface area contributed by atoms with Gasteiger partial charge in [0, 0.05) is 31.7 Å². The number of rotatable bonds is 6. The summed E-state index contributed by atoms with van der Waals surface area (Å²) in [5.41, 5.74) is 2.76. The van der Waals surface area contributed by atoms with Crippen molar-refractivity contribution < 1.29 is 28.5 Å². The third-order valence-electron chi connectivity index (χ3n) is 6.52. The molecule has 0 aromatic heterocycles. The van der Waals surface area contributed by atoms with E-state index in [1.165, 1.54) is 9.21 Å². The van der Waals surface area contributed by atoms with Gasteiger partial charge in [-0.2, -0.15) is 4.31 Å². The Morgan fingerprint density at radius 2 is 1.23 bits per heavy atom. The van der Waals surface area contributed by atoms with Crippen molar-refractivity contribution in [3.63, 3.8) is 0 Å². The number of amides is 1. The number of hydrogen-bond donors (Lipinski definition) is 3. The highest BCUT2D eigenvalue weighted by Crippen LogP contribution is 2.38. The molecule has 1 heterocycles. The zero-order valence-electron chi connectivity index (χ0n) is 21.2. The maximum atomic E-state index is 13.9. The van der Waals surface area contributed by atoms with E-state index in [2.05, 4.69) is 13.8 Å². The lowest BCUT2D eigenvalue weighted by Gasteiger charge is -2.35. The number of phenols is 3. The maximum absolute atomic E-state index is 13.9. The summed E-state index contributed by atoms with van der Waals surface area (Å²) in [7, 11) is -3.81. The van der Waals surface area contributed by atoms with Crippen molar-refractivity contribution in [2.45, 2.75) is 64.2 Å². The van der Waals surface area contributed by atoms with Gasteiger partial charge in [-0.3, -0.25) is 4.79 Å². The van der Waals surface area contributed by atoms with Gasteiger partial charge in [-0.15, -0.1) is 0 Å². The highest BCUT2D eigenvalue weighted by molar-refractivity contribution is 7.89. The van der Waals surface area contributed by atoms with Crippen LogP contribution < -0.4 is 0 Å². The second-order valence-electron chi connectivity index (χ2n) is 10.1. The van der Waals surface area contributed by atoms with E-state index < -0.39 is 33.2 Å². The Hall–Kier alpha value is -2.78. The highest BCUT2D eigenvalue weighted by Gasteiger charge is 2.35. The fourth-order valence-corrected chi connectivity index (χ4v) is 6.45. The minimum atomic E-state index is -3.81. The first-order valence-corrected chi connectivity index (χ1v) is 13.4. The van der Waals surface area contributed by atoms with Crippen LogP contribution in [0, 0.1) is 0 Å². The lowest BCUT2D eigenvalue weighted by atomic mass is 9.89. The van der Waals surface area contributed by atoms with Gasteiger partial charge in [-0.1, -0.05) is 53.7 Å². The van der Waals surface area contributed by atoms with E-state index >= 15 is 0 Å². The van der Waals surface area contributed by atoms with E-state index in [4.69, 9.17) is 0 Å². The third kappa shape index (κ3) is 5.26. The molecule has 3 N–H and O–H groups in total. The SMILES string of the molecule is CC(C)c1cc(C(C)C)c(S(=O)(=O)N2CCN(C(=O)c3cc(O)c(O)c(O)c3)CC2)c(C(C)C)c1. The number of carbonyl (C=O) groups excluding carboxylic acids is 1. The second kappa shape index (κ2) is 10.1. The van der Waals surface area contributed by atoms with Gasteiger partial charge in [0.25, 0.3) is 5.91 Å². The van der Waals surface area contributed by atoms with Crippen LogP contribution in [0.1, 0.15) is 86.3 Å². The van der Waals surface area contributed by atoms with Gasteiger partial charge in [-0.25, -0.2) is 8.42 Å². The van der Waals surface area contributed by atoms with Gasteiger partial charge in [-0.05, 0) is 46.6 Å². The number of carbonyl (C=O) groups is 1. The molecule has 35 heavy (non-hydrogen) atoms. The quantitative estimate of drug-likeness (QED) is 0.504. The van der Waals surface area contributed by atoms with Crippen molar-refractivity contribution in [3.05, 3.63) is 46.5 Å². The zero-order valence-corrected chi connectivity index (χ0v) is 22.1.